The quantitative estimate of drug-likeness (QED) is 0.415. The molecule has 4 nitrogen and oxygen atoms in total. The monoisotopic (exact) mass is 236 g/mol. The molecule has 0 unspecified atom stereocenters. The van der Waals surface area contributed by atoms with Gasteiger partial charge in [-0.25, -0.2) is 0 Å². The summed E-state index contributed by atoms with van der Waals surface area (Å²) in [5.74, 6) is 0. The Hall–Kier alpha value is -1.32. The third-order valence-electron chi connectivity index (χ3n) is 2.66. The Morgan fingerprint density at radius 1 is 0.647 bits per heavy atom. The third kappa shape index (κ3) is 8.48. The molecule has 0 fully saturated rings. The van der Waals surface area contributed by atoms with Crippen LogP contribution in [0.5, 0.6) is 0 Å². The molecule has 0 bridgehead atoms. The standard InChI is InChI=1S/C13H24N4/c1-3-10(14)8-12(16)6-5-7-13(17)9-11(15)4-2/h14-17H,3-9H2,1-2H3. The molecule has 0 atom stereocenters. The summed E-state index contributed by atoms with van der Waals surface area (Å²) in [5.41, 5.74) is 2.40. The van der Waals surface area contributed by atoms with Crippen molar-refractivity contribution in [2.45, 2.75) is 58.8 Å². The summed E-state index contributed by atoms with van der Waals surface area (Å²) in [6.07, 6.45) is 4.53. The van der Waals surface area contributed by atoms with Crippen LogP contribution >= 0.6 is 0 Å². The minimum absolute atomic E-state index is 0.481. The number of nitrogens with one attached hydrogen (secondary N) is 4. The highest BCUT2D eigenvalue weighted by Crippen LogP contribution is 2.05. The molecule has 4 heteroatoms. The second-order valence-electron chi connectivity index (χ2n) is 4.33. The Bertz CT molecular complexity index is 275. The van der Waals surface area contributed by atoms with Crippen LogP contribution in [0, 0.1) is 21.6 Å². The molecule has 0 rings (SSSR count). The molecular weight excluding hydrogens is 212 g/mol. The molecule has 0 amide bonds. The number of hydrogen-bond acceptors (Lipinski definition) is 4. The van der Waals surface area contributed by atoms with Gasteiger partial charge in [0, 0.05) is 35.7 Å². The molecule has 0 saturated carbocycles. The van der Waals surface area contributed by atoms with Crippen molar-refractivity contribution in [2.24, 2.45) is 0 Å². The average Bonchev–Trinajstić information content (AvgIpc) is 2.28. The van der Waals surface area contributed by atoms with Crippen LogP contribution in [-0.4, -0.2) is 22.8 Å². The van der Waals surface area contributed by atoms with Gasteiger partial charge >= 0.3 is 0 Å². The van der Waals surface area contributed by atoms with Crippen LogP contribution in [0.15, 0.2) is 0 Å². The van der Waals surface area contributed by atoms with Crippen LogP contribution in [0.4, 0.5) is 0 Å². The lowest BCUT2D eigenvalue weighted by Crippen LogP contribution is -2.08. The van der Waals surface area contributed by atoms with E-state index >= 15 is 0 Å². The zero-order chi connectivity index (χ0) is 13.3. The first kappa shape index (κ1) is 15.7. The van der Waals surface area contributed by atoms with E-state index in [9.17, 15) is 0 Å². The molecule has 0 aliphatic rings. The maximum Gasteiger partial charge on any atom is 0.0229 e. The predicted molar refractivity (Wildman–Crippen MR) is 74.6 cm³/mol. The van der Waals surface area contributed by atoms with E-state index in [1.807, 2.05) is 13.8 Å². The minimum atomic E-state index is 0.481. The predicted octanol–water partition coefficient (Wildman–Crippen LogP) is 3.84. The maximum absolute atomic E-state index is 7.69. The molecule has 0 aromatic rings. The Morgan fingerprint density at radius 3 is 1.29 bits per heavy atom. The summed E-state index contributed by atoms with van der Waals surface area (Å²) in [5, 5.41) is 30.4. The second kappa shape index (κ2) is 8.79. The van der Waals surface area contributed by atoms with Gasteiger partial charge in [0.1, 0.15) is 0 Å². The largest absolute Gasteiger partial charge is 0.309 e. The van der Waals surface area contributed by atoms with Crippen LogP contribution in [0.3, 0.4) is 0 Å². The normalized spacial score (nSPS) is 10.0. The third-order valence-corrected chi connectivity index (χ3v) is 2.66. The van der Waals surface area contributed by atoms with Crippen LogP contribution in [-0.2, 0) is 0 Å². The van der Waals surface area contributed by atoms with Crippen LogP contribution < -0.4 is 0 Å². The van der Waals surface area contributed by atoms with Gasteiger partial charge < -0.3 is 21.6 Å². The Labute approximate surface area is 104 Å². The summed E-state index contributed by atoms with van der Waals surface area (Å²) >= 11 is 0. The van der Waals surface area contributed by atoms with Gasteiger partial charge in [0.25, 0.3) is 0 Å². The van der Waals surface area contributed by atoms with Crippen LogP contribution in [0.1, 0.15) is 58.8 Å². The lowest BCUT2D eigenvalue weighted by Gasteiger charge is -2.06. The number of rotatable bonds is 10. The summed E-state index contributed by atoms with van der Waals surface area (Å²) in [7, 11) is 0. The fourth-order valence-electron chi connectivity index (χ4n) is 1.46. The van der Waals surface area contributed by atoms with Gasteiger partial charge in [-0.15, -0.1) is 0 Å². The molecule has 0 aromatic carbocycles. The van der Waals surface area contributed by atoms with E-state index in [2.05, 4.69) is 0 Å². The first-order valence-electron chi connectivity index (χ1n) is 6.24. The van der Waals surface area contributed by atoms with Crippen molar-refractivity contribution in [1.29, 1.82) is 21.6 Å². The van der Waals surface area contributed by atoms with Gasteiger partial charge in [0.05, 0.1) is 0 Å². The Balaban J connectivity index is 3.69. The molecule has 0 spiro atoms. The molecule has 0 heterocycles. The first-order chi connectivity index (χ1) is 7.99. The summed E-state index contributed by atoms with van der Waals surface area (Å²) < 4.78 is 0. The fourth-order valence-corrected chi connectivity index (χ4v) is 1.46. The van der Waals surface area contributed by atoms with Gasteiger partial charge in [-0.2, -0.15) is 0 Å². The number of hydrogen-bond donors (Lipinski definition) is 4. The molecule has 17 heavy (non-hydrogen) atoms. The van der Waals surface area contributed by atoms with Crippen molar-refractivity contribution in [3.63, 3.8) is 0 Å². The molecule has 0 aliphatic heterocycles. The van der Waals surface area contributed by atoms with Crippen LogP contribution in [0.25, 0.3) is 0 Å². The van der Waals surface area contributed by atoms with Gasteiger partial charge in [-0.1, -0.05) is 13.8 Å². The van der Waals surface area contributed by atoms with E-state index in [0.717, 1.165) is 6.42 Å². The molecule has 0 aromatic heterocycles. The van der Waals surface area contributed by atoms with Crippen molar-refractivity contribution in [3.05, 3.63) is 0 Å². The molecule has 0 aliphatic carbocycles. The summed E-state index contributed by atoms with van der Waals surface area (Å²) in [4.78, 5) is 0. The Morgan fingerprint density at radius 2 is 1.00 bits per heavy atom. The van der Waals surface area contributed by atoms with Gasteiger partial charge in [-0.05, 0) is 32.1 Å². The zero-order valence-corrected chi connectivity index (χ0v) is 10.9. The van der Waals surface area contributed by atoms with Gasteiger partial charge in [0.15, 0.2) is 0 Å². The maximum atomic E-state index is 7.69. The first-order valence-corrected chi connectivity index (χ1v) is 6.24. The molecular formula is C13H24N4. The van der Waals surface area contributed by atoms with Crippen molar-refractivity contribution in [3.8, 4) is 0 Å². The summed E-state index contributed by atoms with van der Waals surface area (Å²) in [6, 6.07) is 0. The SMILES string of the molecule is CCC(=N)CC(=N)CCCC(=N)CC(=N)CC. The van der Waals surface area contributed by atoms with Gasteiger partial charge in [-0.3, -0.25) is 0 Å². The van der Waals surface area contributed by atoms with Crippen molar-refractivity contribution in [1.82, 2.24) is 0 Å². The highest BCUT2D eigenvalue weighted by atomic mass is 14.5. The molecule has 96 valence electrons. The molecule has 4 N–H and O–H groups in total. The zero-order valence-electron chi connectivity index (χ0n) is 10.9. The highest BCUT2D eigenvalue weighted by Gasteiger charge is 2.04. The topological polar surface area (TPSA) is 95.4 Å². The smallest absolute Gasteiger partial charge is 0.0229 e. The fraction of sp³-hybridized carbons (Fsp3) is 0.692. The van der Waals surface area contributed by atoms with Crippen LogP contribution in [0.2, 0.25) is 0 Å². The summed E-state index contributed by atoms with van der Waals surface area (Å²) in [6.45, 7) is 3.86. The van der Waals surface area contributed by atoms with E-state index in [1.54, 1.807) is 0 Å². The van der Waals surface area contributed by atoms with Crippen molar-refractivity contribution < 1.29 is 0 Å². The van der Waals surface area contributed by atoms with E-state index in [0.29, 0.717) is 61.4 Å². The highest BCUT2D eigenvalue weighted by molar-refractivity contribution is 6.03. The Kier molecular flexibility index (Phi) is 8.11. The lowest BCUT2D eigenvalue weighted by molar-refractivity contribution is 0.894. The van der Waals surface area contributed by atoms with E-state index in [1.165, 1.54) is 0 Å². The van der Waals surface area contributed by atoms with E-state index in [-0.39, 0.29) is 0 Å². The van der Waals surface area contributed by atoms with Gasteiger partial charge in [0.2, 0.25) is 0 Å². The van der Waals surface area contributed by atoms with E-state index in [4.69, 9.17) is 21.6 Å². The average molecular weight is 236 g/mol. The van der Waals surface area contributed by atoms with Crippen molar-refractivity contribution >= 4 is 22.8 Å². The molecule has 0 saturated heterocycles. The molecule has 0 radical (unpaired) electrons. The second-order valence-corrected chi connectivity index (χ2v) is 4.33. The lowest BCUT2D eigenvalue weighted by atomic mass is 10.0. The van der Waals surface area contributed by atoms with Crippen molar-refractivity contribution in [2.75, 3.05) is 0 Å². The van der Waals surface area contributed by atoms with E-state index < -0.39 is 0 Å². The minimum Gasteiger partial charge on any atom is -0.309 e.